The number of hydrogen-bond donors (Lipinski definition) is 3. The number of rotatable bonds is 6. The van der Waals surface area contributed by atoms with Gasteiger partial charge in [-0.05, 0) is 66.2 Å². The Hall–Kier alpha value is -3.79. The Labute approximate surface area is 187 Å². The number of nitrogens with two attached hydrogens (primary N) is 1. The van der Waals surface area contributed by atoms with Crippen LogP contribution in [0.3, 0.4) is 0 Å². The van der Waals surface area contributed by atoms with Crippen molar-refractivity contribution in [3.05, 3.63) is 69.8 Å². The van der Waals surface area contributed by atoms with Gasteiger partial charge in [0.05, 0.1) is 4.88 Å². The van der Waals surface area contributed by atoms with Gasteiger partial charge in [0.1, 0.15) is 11.5 Å². The number of hydrogen-bond acceptors (Lipinski definition) is 6. The van der Waals surface area contributed by atoms with Gasteiger partial charge in [-0.1, -0.05) is 12.1 Å². The molecule has 0 aliphatic heterocycles. The molecule has 0 saturated heterocycles. The van der Waals surface area contributed by atoms with E-state index in [1.165, 1.54) is 28.0 Å². The zero-order valence-electron chi connectivity index (χ0n) is 17.4. The van der Waals surface area contributed by atoms with E-state index in [-0.39, 0.29) is 36.2 Å². The zero-order chi connectivity index (χ0) is 22.8. The van der Waals surface area contributed by atoms with E-state index in [0.29, 0.717) is 21.8 Å². The van der Waals surface area contributed by atoms with E-state index in [1.807, 2.05) is 19.2 Å². The molecular formula is C22H21FN6O2S. The van der Waals surface area contributed by atoms with Crippen molar-refractivity contribution in [1.29, 1.82) is 0 Å². The molecule has 4 N–H and O–H groups in total. The highest BCUT2D eigenvalue weighted by molar-refractivity contribution is 7.12. The van der Waals surface area contributed by atoms with Gasteiger partial charge in [-0.25, -0.2) is 8.91 Å². The van der Waals surface area contributed by atoms with Crippen molar-refractivity contribution in [3.63, 3.8) is 0 Å². The molecule has 0 aliphatic carbocycles. The first-order valence-electron chi connectivity index (χ1n) is 9.89. The number of thiophene rings is 1. The molecule has 0 radical (unpaired) electrons. The Morgan fingerprint density at radius 3 is 2.59 bits per heavy atom. The summed E-state index contributed by atoms with van der Waals surface area (Å²) in [5.41, 5.74) is 8.75. The number of nitrogens with one attached hydrogen (secondary N) is 2. The molecule has 2 amide bonds. The predicted octanol–water partition coefficient (Wildman–Crippen LogP) is 3.25. The molecule has 1 aromatic carbocycles. The van der Waals surface area contributed by atoms with E-state index in [4.69, 9.17) is 5.73 Å². The molecule has 0 unspecified atom stereocenters. The highest BCUT2D eigenvalue weighted by Crippen LogP contribution is 2.28. The number of pyridine rings is 1. The lowest BCUT2D eigenvalue weighted by molar-refractivity contribution is 0.0932. The van der Waals surface area contributed by atoms with Crippen molar-refractivity contribution in [1.82, 2.24) is 25.2 Å². The highest BCUT2D eigenvalue weighted by atomic mass is 32.1. The summed E-state index contributed by atoms with van der Waals surface area (Å²) < 4.78 is 14.4. The lowest BCUT2D eigenvalue weighted by Gasteiger charge is -2.10. The second kappa shape index (κ2) is 8.75. The van der Waals surface area contributed by atoms with Gasteiger partial charge in [-0.3, -0.25) is 9.59 Å². The van der Waals surface area contributed by atoms with Gasteiger partial charge in [-0.2, -0.15) is 4.98 Å². The third-order valence-electron chi connectivity index (χ3n) is 4.63. The number of halogens is 1. The maximum absolute atomic E-state index is 13.0. The quantitative estimate of drug-likeness (QED) is 0.416. The van der Waals surface area contributed by atoms with Crippen molar-refractivity contribution in [3.8, 4) is 11.1 Å². The van der Waals surface area contributed by atoms with Crippen LogP contribution in [-0.4, -0.2) is 32.5 Å². The number of amides is 2. The largest absolute Gasteiger partial charge is 0.366 e. The van der Waals surface area contributed by atoms with Gasteiger partial charge in [0.15, 0.2) is 5.65 Å². The predicted molar refractivity (Wildman–Crippen MR) is 121 cm³/mol. The topological polar surface area (TPSA) is 114 Å². The van der Waals surface area contributed by atoms with Gasteiger partial charge < -0.3 is 16.4 Å². The second-order valence-electron chi connectivity index (χ2n) is 7.51. The standard InChI is InChI=1S/C22H21FN6O2S/c1-12(2)26-20(30)17-7-14(9-19-27-22(24)28-29(17)19)15-8-18(32-11-15)21(31)25-10-13-3-5-16(23)6-4-13/h3-9,11-12H,10H2,1-2H3,(H2,24,28)(H,25,31)(H,26,30). The van der Waals surface area contributed by atoms with Gasteiger partial charge in [-0.15, -0.1) is 16.4 Å². The molecule has 3 heterocycles. The molecule has 8 nitrogen and oxygen atoms in total. The van der Waals surface area contributed by atoms with E-state index in [2.05, 4.69) is 20.7 Å². The Bertz CT molecular complexity index is 1300. The molecule has 4 rings (SSSR count). The fraction of sp³-hybridized carbons (Fsp3) is 0.182. The first kappa shape index (κ1) is 21.4. The van der Waals surface area contributed by atoms with Crippen LogP contribution >= 0.6 is 11.3 Å². The Morgan fingerprint density at radius 2 is 1.88 bits per heavy atom. The number of carbonyl (C=O) groups excluding carboxylic acids is 2. The second-order valence-corrected chi connectivity index (χ2v) is 8.42. The summed E-state index contributed by atoms with van der Waals surface area (Å²) in [5.74, 6) is -0.803. The average molecular weight is 453 g/mol. The fourth-order valence-corrected chi connectivity index (χ4v) is 3.98. The van der Waals surface area contributed by atoms with Crippen LogP contribution in [0.2, 0.25) is 0 Å². The van der Waals surface area contributed by atoms with Gasteiger partial charge in [0.2, 0.25) is 5.95 Å². The maximum Gasteiger partial charge on any atom is 0.270 e. The number of carbonyl (C=O) groups is 2. The van der Waals surface area contributed by atoms with E-state index < -0.39 is 0 Å². The van der Waals surface area contributed by atoms with Crippen LogP contribution in [0.1, 0.15) is 39.6 Å². The summed E-state index contributed by atoms with van der Waals surface area (Å²) in [7, 11) is 0. The van der Waals surface area contributed by atoms with E-state index >= 15 is 0 Å². The number of aromatic nitrogens is 3. The minimum Gasteiger partial charge on any atom is -0.366 e. The van der Waals surface area contributed by atoms with Crippen molar-refractivity contribution < 1.29 is 14.0 Å². The summed E-state index contributed by atoms with van der Waals surface area (Å²) in [6.07, 6.45) is 0. The summed E-state index contributed by atoms with van der Waals surface area (Å²) >= 11 is 1.29. The summed E-state index contributed by atoms with van der Waals surface area (Å²) in [4.78, 5) is 29.9. The molecule has 0 saturated carbocycles. The van der Waals surface area contributed by atoms with Gasteiger partial charge >= 0.3 is 0 Å². The lowest BCUT2D eigenvalue weighted by atomic mass is 10.1. The molecule has 0 fully saturated rings. The average Bonchev–Trinajstić information content (AvgIpc) is 3.38. The van der Waals surface area contributed by atoms with Crippen molar-refractivity contribution in [2.75, 3.05) is 5.73 Å². The van der Waals surface area contributed by atoms with Crippen molar-refractivity contribution >= 4 is 34.7 Å². The molecule has 0 aliphatic rings. The number of fused-ring (bicyclic) bond motifs is 1. The minimum absolute atomic E-state index is 0.0559. The normalized spacial score (nSPS) is 11.1. The number of nitrogens with zero attached hydrogens (tertiary/aromatic N) is 3. The highest BCUT2D eigenvalue weighted by Gasteiger charge is 2.18. The smallest absolute Gasteiger partial charge is 0.270 e. The van der Waals surface area contributed by atoms with E-state index in [9.17, 15) is 14.0 Å². The molecule has 164 valence electrons. The lowest BCUT2D eigenvalue weighted by Crippen LogP contribution is -2.31. The third-order valence-corrected chi connectivity index (χ3v) is 5.56. The Kier molecular flexibility index (Phi) is 5.87. The molecule has 0 atom stereocenters. The third kappa shape index (κ3) is 4.59. The molecule has 3 aromatic heterocycles. The first-order chi connectivity index (χ1) is 15.3. The van der Waals surface area contributed by atoms with E-state index in [1.54, 1.807) is 30.3 Å². The van der Waals surface area contributed by atoms with Crippen LogP contribution in [0.4, 0.5) is 10.3 Å². The number of nitrogen functional groups attached to an aromatic ring is 1. The molecule has 0 spiro atoms. The van der Waals surface area contributed by atoms with Crippen molar-refractivity contribution in [2.24, 2.45) is 0 Å². The van der Waals surface area contributed by atoms with Crippen molar-refractivity contribution in [2.45, 2.75) is 26.4 Å². The molecule has 10 heteroatoms. The Morgan fingerprint density at radius 1 is 1.12 bits per heavy atom. The SMILES string of the molecule is CC(C)NC(=O)c1cc(-c2csc(C(=O)NCc3ccc(F)cc3)c2)cc2nc(N)nn12. The summed E-state index contributed by atoms with van der Waals surface area (Å²) in [6, 6.07) is 11.1. The van der Waals surface area contributed by atoms with Crippen LogP contribution < -0.4 is 16.4 Å². The molecule has 0 bridgehead atoms. The van der Waals surface area contributed by atoms with Crippen LogP contribution in [0.15, 0.2) is 47.8 Å². The summed E-state index contributed by atoms with van der Waals surface area (Å²) in [6.45, 7) is 4.02. The van der Waals surface area contributed by atoms with Crippen LogP contribution in [0.25, 0.3) is 16.8 Å². The molecule has 4 aromatic rings. The molecular weight excluding hydrogens is 431 g/mol. The van der Waals surface area contributed by atoms with Gasteiger partial charge in [0.25, 0.3) is 11.8 Å². The zero-order valence-corrected chi connectivity index (χ0v) is 18.2. The van der Waals surface area contributed by atoms with Crippen LogP contribution in [-0.2, 0) is 6.54 Å². The molecule has 32 heavy (non-hydrogen) atoms. The summed E-state index contributed by atoms with van der Waals surface area (Å²) in [5, 5.41) is 11.6. The van der Waals surface area contributed by atoms with Crippen LogP contribution in [0.5, 0.6) is 0 Å². The number of benzene rings is 1. The Balaban J connectivity index is 1.59. The fourth-order valence-electron chi connectivity index (χ4n) is 3.14. The monoisotopic (exact) mass is 452 g/mol. The minimum atomic E-state index is -0.323. The maximum atomic E-state index is 13.0. The number of anilines is 1. The first-order valence-corrected chi connectivity index (χ1v) is 10.8. The van der Waals surface area contributed by atoms with E-state index in [0.717, 1.165) is 11.1 Å². The van der Waals surface area contributed by atoms with Gasteiger partial charge in [0, 0.05) is 12.6 Å². The van der Waals surface area contributed by atoms with Crippen LogP contribution in [0, 0.1) is 5.82 Å².